The minimum Gasteiger partial charge on any atom is -0.365 e. The maximum absolute atomic E-state index is 12.6. The second kappa shape index (κ2) is 9.12. The summed E-state index contributed by atoms with van der Waals surface area (Å²) in [5.41, 5.74) is 0.835. The van der Waals surface area contributed by atoms with Crippen molar-refractivity contribution >= 4 is 15.9 Å². The lowest BCUT2D eigenvalue weighted by atomic mass is 10.2. The van der Waals surface area contributed by atoms with Crippen molar-refractivity contribution in [3.05, 3.63) is 42.5 Å². The number of hydrogen-bond acceptors (Lipinski definition) is 4. The first-order valence-electron chi connectivity index (χ1n) is 8.54. The number of hydrogen-bond donors (Lipinski definition) is 1. The zero-order valence-corrected chi connectivity index (χ0v) is 15.4. The molecule has 1 heterocycles. The molecule has 0 saturated carbocycles. The van der Waals surface area contributed by atoms with Gasteiger partial charge in [-0.15, -0.1) is 6.58 Å². The standard InChI is InChI=1S/C18H26N2O4S/c1-3-13-24-15(2)18(21)19-14-16-7-9-17(10-8-16)25(22,23)20-11-5-4-6-12-20/h3,7-10,15H,1,4-6,11-14H2,2H3,(H,19,21). The monoisotopic (exact) mass is 366 g/mol. The quantitative estimate of drug-likeness (QED) is 0.715. The lowest BCUT2D eigenvalue weighted by molar-refractivity contribution is -0.131. The highest BCUT2D eigenvalue weighted by molar-refractivity contribution is 7.89. The molecule has 7 heteroatoms. The molecule has 6 nitrogen and oxygen atoms in total. The smallest absolute Gasteiger partial charge is 0.249 e. The maximum atomic E-state index is 12.6. The summed E-state index contributed by atoms with van der Waals surface area (Å²) < 4.78 is 32.0. The fourth-order valence-corrected chi connectivity index (χ4v) is 4.17. The Bertz CT molecular complexity index is 680. The van der Waals surface area contributed by atoms with Gasteiger partial charge in [-0.05, 0) is 37.5 Å². The molecular formula is C18H26N2O4S. The average molecular weight is 366 g/mol. The fraction of sp³-hybridized carbons (Fsp3) is 0.500. The molecule has 138 valence electrons. The summed E-state index contributed by atoms with van der Waals surface area (Å²) in [4.78, 5) is 12.2. The SMILES string of the molecule is C=CCOC(C)C(=O)NCc1ccc(S(=O)(=O)N2CCCCC2)cc1. The molecule has 1 atom stereocenters. The van der Waals surface area contributed by atoms with E-state index >= 15 is 0 Å². The molecule has 25 heavy (non-hydrogen) atoms. The van der Waals surface area contributed by atoms with E-state index in [-0.39, 0.29) is 5.91 Å². The highest BCUT2D eigenvalue weighted by Crippen LogP contribution is 2.20. The predicted octanol–water partition coefficient (Wildman–Crippen LogP) is 2.07. The van der Waals surface area contributed by atoms with Crippen molar-refractivity contribution in [3.8, 4) is 0 Å². The number of rotatable bonds is 8. The summed E-state index contributed by atoms with van der Waals surface area (Å²) in [7, 11) is -3.42. The van der Waals surface area contributed by atoms with Gasteiger partial charge in [-0.3, -0.25) is 4.79 Å². The van der Waals surface area contributed by atoms with E-state index in [1.165, 1.54) is 0 Å². The molecule has 0 radical (unpaired) electrons. The van der Waals surface area contributed by atoms with Crippen LogP contribution in [0.4, 0.5) is 0 Å². The zero-order valence-electron chi connectivity index (χ0n) is 14.6. The van der Waals surface area contributed by atoms with Crippen LogP contribution in [0.1, 0.15) is 31.7 Å². The van der Waals surface area contributed by atoms with Crippen LogP contribution in [0.3, 0.4) is 0 Å². The van der Waals surface area contributed by atoms with E-state index < -0.39 is 16.1 Å². The first-order valence-corrected chi connectivity index (χ1v) is 9.98. The molecule has 1 fully saturated rings. The maximum Gasteiger partial charge on any atom is 0.249 e. The Morgan fingerprint density at radius 3 is 2.52 bits per heavy atom. The van der Waals surface area contributed by atoms with Crippen molar-refractivity contribution in [2.75, 3.05) is 19.7 Å². The lowest BCUT2D eigenvalue weighted by Crippen LogP contribution is -2.35. The Kier molecular flexibility index (Phi) is 7.16. The van der Waals surface area contributed by atoms with Crippen LogP contribution in [0.15, 0.2) is 41.8 Å². The van der Waals surface area contributed by atoms with Gasteiger partial charge in [0.15, 0.2) is 0 Å². The predicted molar refractivity (Wildman–Crippen MR) is 96.5 cm³/mol. The van der Waals surface area contributed by atoms with Gasteiger partial charge in [0, 0.05) is 19.6 Å². The number of ether oxygens (including phenoxy) is 1. The van der Waals surface area contributed by atoms with Gasteiger partial charge in [-0.2, -0.15) is 4.31 Å². The van der Waals surface area contributed by atoms with Crippen LogP contribution in [0, 0.1) is 0 Å². The van der Waals surface area contributed by atoms with Crippen molar-refractivity contribution in [2.24, 2.45) is 0 Å². The summed E-state index contributed by atoms with van der Waals surface area (Å²) in [6, 6.07) is 6.66. The molecule has 1 aliphatic heterocycles. The van der Waals surface area contributed by atoms with Gasteiger partial charge in [0.1, 0.15) is 6.10 Å². The van der Waals surface area contributed by atoms with Crippen molar-refractivity contribution < 1.29 is 17.9 Å². The molecule has 1 unspecified atom stereocenters. The van der Waals surface area contributed by atoms with E-state index in [1.807, 2.05) is 0 Å². The highest BCUT2D eigenvalue weighted by Gasteiger charge is 2.25. The third-order valence-electron chi connectivity index (χ3n) is 4.18. The topological polar surface area (TPSA) is 75.7 Å². The summed E-state index contributed by atoms with van der Waals surface area (Å²) in [5, 5.41) is 2.77. The van der Waals surface area contributed by atoms with E-state index in [0.717, 1.165) is 24.8 Å². The molecule has 0 bridgehead atoms. The van der Waals surface area contributed by atoms with Crippen molar-refractivity contribution in [3.63, 3.8) is 0 Å². The molecule has 1 aromatic rings. The minimum absolute atomic E-state index is 0.216. The molecule has 1 amide bonds. The first kappa shape index (κ1) is 19.6. The third kappa shape index (κ3) is 5.39. The van der Waals surface area contributed by atoms with Gasteiger partial charge < -0.3 is 10.1 Å². The lowest BCUT2D eigenvalue weighted by Gasteiger charge is -2.25. The Morgan fingerprint density at radius 2 is 1.92 bits per heavy atom. The van der Waals surface area contributed by atoms with E-state index in [1.54, 1.807) is 41.6 Å². The number of benzene rings is 1. The number of sulfonamides is 1. The second-order valence-corrected chi connectivity index (χ2v) is 8.03. The van der Waals surface area contributed by atoms with Gasteiger partial charge in [0.05, 0.1) is 11.5 Å². The van der Waals surface area contributed by atoms with Gasteiger partial charge in [-0.25, -0.2) is 8.42 Å². The van der Waals surface area contributed by atoms with Crippen molar-refractivity contribution in [1.82, 2.24) is 9.62 Å². The number of amides is 1. The minimum atomic E-state index is -3.42. The summed E-state index contributed by atoms with van der Waals surface area (Å²) >= 11 is 0. The summed E-state index contributed by atoms with van der Waals surface area (Å²) in [5.74, 6) is -0.216. The van der Waals surface area contributed by atoms with Crippen LogP contribution in [-0.4, -0.2) is 44.4 Å². The van der Waals surface area contributed by atoms with Crippen LogP contribution in [0.2, 0.25) is 0 Å². The van der Waals surface area contributed by atoms with Crippen LogP contribution in [0.5, 0.6) is 0 Å². The normalized spacial score (nSPS) is 17.0. The number of piperidine rings is 1. The second-order valence-electron chi connectivity index (χ2n) is 6.09. The van der Waals surface area contributed by atoms with Crippen LogP contribution >= 0.6 is 0 Å². The largest absolute Gasteiger partial charge is 0.365 e. The van der Waals surface area contributed by atoms with Gasteiger partial charge in [0.2, 0.25) is 15.9 Å². The third-order valence-corrected chi connectivity index (χ3v) is 6.09. The molecule has 2 rings (SSSR count). The summed E-state index contributed by atoms with van der Waals surface area (Å²) in [6.07, 6.45) is 3.94. The van der Waals surface area contributed by atoms with Crippen molar-refractivity contribution in [2.45, 2.75) is 43.7 Å². The van der Waals surface area contributed by atoms with E-state index in [2.05, 4.69) is 11.9 Å². The molecule has 1 aliphatic rings. The fourth-order valence-electron chi connectivity index (χ4n) is 2.65. The van der Waals surface area contributed by atoms with Crippen LogP contribution in [-0.2, 0) is 26.1 Å². The van der Waals surface area contributed by atoms with E-state index in [4.69, 9.17) is 4.74 Å². The molecule has 1 N–H and O–H groups in total. The molecule has 1 saturated heterocycles. The molecule has 0 aliphatic carbocycles. The summed E-state index contributed by atoms with van der Waals surface area (Å²) in [6.45, 7) is 7.03. The number of carbonyl (C=O) groups is 1. The molecule has 0 aromatic heterocycles. The number of nitrogens with zero attached hydrogens (tertiary/aromatic N) is 1. The molecule has 0 spiro atoms. The van der Waals surface area contributed by atoms with Gasteiger partial charge in [0.25, 0.3) is 0 Å². The van der Waals surface area contributed by atoms with Gasteiger partial charge >= 0.3 is 0 Å². The Labute approximate surface area is 149 Å². The first-order chi connectivity index (χ1) is 11.9. The number of nitrogens with one attached hydrogen (secondary N) is 1. The molecular weight excluding hydrogens is 340 g/mol. The van der Waals surface area contributed by atoms with Gasteiger partial charge in [-0.1, -0.05) is 24.6 Å². The van der Waals surface area contributed by atoms with Crippen LogP contribution < -0.4 is 5.32 Å². The van der Waals surface area contributed by atoms with E-state index in [9.17, 15) is 13.2 Å². The highest BCUT2D eigenvalue weighted by atomic mass is 32.2. The zero-order chi connectivity index (χ0) is 18.3. The molecule has 1 aromatic carbocycles. The van der Waals surface area contributed by atoms with E-state index in [0.29, 0.717) is 31.1 Å². The Hall–Kier alpha value is -1.70. The Balaban J connectivity index is 1.93. The number of carbonyl (C=O) groups excluding carboxylic acids is 1. The van der Waals surface area contributed by atoms with Crippen molar-refractivity contribution in [1.29, 1.82) is 0 Å². The average Bonchev–Trinajstić information content (AvgIpc) is 2.65. The van der Waals surface area contributed by atoms with Crippen LogP contribution in [0.25, 0.3) is 0 Å². The Morgan fingerprint density at radius 1 is 1.28 bits per heavy atom.